The van der Waals surface area contributed by atoms with Gasteiger partial charge in [0.1, 0.15) is 0 Å². The minimum absolute atomic E-state index is 0.0881. The van der Waals surface area contributed by atoms with E-state index in [4.69, 9.17) is 4.74 Å². The summed E-state index contributed by atoms with van der Waals surface area (Å²) in [6, 6.07) is 5.81. The summed E-state index contributed by atoms with van der Waals surface area (Å²) in [5.41, 5.74) is 1.77. The fourth-order valence-electron chi connectivity index (χ4n) is 2.06. The number of hydrogen-bond acceptors (Lipinski definition) is 2. The lowest BCUT2D eigenvalue weighted by Crippen LogP contribution is -2.44. The van der Waals surface area contributed by atoms with E-state index in [0.29, 0.717) is 19.7 Å². The zero-order chi connectivity index (χ0) is 12.4. The number of aryl methyl sites for hydroxylation is 1. The van der Waals surface area contributed by atoms with Gasteiger partial charge in [0.05, 0.1) is 18.3 Å². The maximum Gasteiger partial charge on any atom is 0.255 e. The molecule has 1 atom stereocenters. The van der Waals surface area contributed by atoms with Crippen molar-refractivity contribution in [2.75, 3.05) is 19.7 Å². The van der Waals surface area contributed by atoms with Crippen molar-refractivity contribution >= 4 is 21.8 Å². The first-order valence-electron chi connectivity index (χ1n) is 5.75. The monoisotopic (exact) mass is 297 g/mol. The Morgan fingerprint density at radius 2 is 2.29 bits per heavy atom. The van der Waals surface area contributed by atoms with Crippen LogP contribution in [0.15, 0.2) is 22.7 Å². The topological polar surface area (TPSA) is 29.5 Å². The number of amides is 1. The van der Waals surface area contributed by atoms with Crippen LogP contribution in [0, 0.1) is 6.92 Å². The van der Waals surface area contributed by atoms with E-state index >= 15 is 0 Å². The van der Waals surface area contributed by atoms with Crippen molar-refractivity contribution in [1.29, 1.82) is 0 Å². The van der Waals surface area contributed by atoms with Crippen LogP contribution in [-0.4, -0.2) is 36.6 Å². The summed E-state index contributed by atoms with van der Waals surface area (Å²) in [5, 5.41) is 0. The summed E-state index contributed by atoms with van der Waals surface area (Å²) in [6.45, 7) is 5.91. The Balaban J connectivity index is 2.24. The molecular formula is C13H16BrNO2. The van der Waals surface area contributed by atoms with Gasteiger partial charge >= 0.3 is 0 Å². The van der Waals surface area contributed by atoms with Gasteiger partial charge in [0, 0.05) is 17.6 Å². The van der Waals surface area contributed by atoms with Gasteiger partial charge in [-0.1, -0.05) is 12.1 Å². The number of rotatable bonds is 1. The number of carbonyl (C=O) groups excluding carboxylic acids is 1. The Morgan fingerprint density at radius 1 is 1.53 bits per heavy atom. The minimum Gasteiger partial charge on any atom is -0.375 e. The lowest BCUT2D eigenvalue weighted by Gasteiger charge is -2.31. The molecule has 1 heterocycles. The molecule has 92 valence electrons. The highest BCUT2D eigenvalue weighted by molar-refractivity contribution is 9.10. The first kappa shape index (κ1) is 12.6. The second kappa shape index (κ2) is 5.19. The number of hydrogen-bond donors (Lipinski definition) is 0. The lowest BCUT2D eigenvalue weighted by atomic mass is 10.1. The standard InChI is InChI=1S/C13H16BrNO2/c1-9-4-3-5-11(14)12(9)13(16)15-6-7-17-10(2)8-15/h3-5,10H,6-8H2,1-2H3/t10-/m1/s1. The van der Waals surface area contributed by atoms with Gasteiger partial charge in [-0.05, 0) is 41.4 Å². The molecule has 0 saturated carbocycles. The molecule has 1 aromatic rings. The fraction of sp³-hybridized carbons (Fsp3) is 0.462. The molecule has 1 fully saturated rings. The molecule has 1 aromatic carbocycles. The van der Waals surface area contributed by atoms with Crippen LogP contribution >= 0.6 is 15.9 Å². The average molecular weight is 298 g/mol. The second-order valence-electron chi connectivity index (χ2n) is 4.36. The van der Waals surface area contributed by atoms with Gasteiger partial charge in [-0.3, -0.25) is 4.79 Å². The largest absolute Gasteiger partial charge is 0.375 e. The number of nitrogens with zero attached hydrogens (tertiary/aromatic N) is 1. The third-order valence-electron chi connectivity index (χ3n) is 2.96. The molecular weight excluding hydrogens is 282 g/mol. The minimum atomic E-state index is 0.0881. The predicted molar refractivity (Wildman–Crippen MR) is 70.2 cm³/mol. The van der Waals surface area contributed by atoms with Crippen LogP contribution in [0.25, 0.3) is 0 Å². The molecule has 4 heteroatoms. The highest BCUT2D eigenvalue weighted by Gasteiger charge is 2.24. The molecule has 1 amide bonds. The third-order valence-corrected chi connectivity index (χ3v) is 3.62. The summed E-state index contributed by atoms with van der Waals surface area (Å²) in [7, 11) is 0. The van der Waals surface area contributed by atoms with E-state index < -0.39 is 0 Å². The van der Waals surface area contributed by atoms with Gasteiger partial charge < -0.3 is 9.64 Å². The summed E-state index contributed by atoms with van der Waals surface area (Å²) in [6.07, 6.45) is 0.121. The van der Waals surface area contributed by atoms with Gasteiger partial charge in [-0.25, -0.2) is 0 Å². The molecule has 3 nitrogen and oxygen atoms in total. The molecule has 0 spiro atoms. The zero-order valence-electron chi connectivity index (χ0n) is 10.1. The summed E-state index contributed by atoms with van der Waals surface area (Å²) < 4.78 is 6.31. The number of carbonyl (C=O) groups is 1. The van der Waals surface area contributed by atoms with Crippen LogP contribution in [0.2, 0.25) is 0 Å². The highest BCUT2D eigenvalue weighted by atomic mass is 79.9. The molecule has 0 radical (unpaired) electrons. The molecule has 0 aliphatic carbocycles. The van der Waals surface area contributed by atoms with Crippen LogP contribution in [0.4, 0.5) is 0 Å². The van der Waals surface area contributed by atoms with Gasteiger partial charge in [-0.15, -0.1) is 0 Å². The highest BCUT2D eigenvalue weighted by Crippen LogP contribution is 2.22. The number of benzene rings is 1. The Labute approximate surface area is 110 Å². The van der Waals surface area contributed by atoms with Crippen molar-refractivity contribution < 1.29 is 9.53 Å². The quantitative estimate of drug-likeness (QED) is 0.797. The number of ether oxygens (including phenoxy) is 1. The Morgan fingerprint density at radius 3 is 2.94 bits per heavy atom. The SMILES string of the molecule is Cc1cccc(Br)c1C(=O)N1CCO[C@H](C)C1. The van der Waals surface area contributed by atoms with Crippen molar-refractivity contribution in [3.05, 3.63) is 33.8 Å². The van der Waals surface area contributed by atoms with E-state index in [0.717, 1.165) is 15.6 Å². The maximum absolute atomic E-state index is 12.4. The molecule has 17 heavy (non-hydrogen) atoms. The van der Waals surface area contributed by atoms with E-state index in [-0.39, 0.29) is 12.0 Å². The number of halogens is 1. The average Bonchev–Trinajstić information content (AvgIpc) is 2.28. The van der Waals surface area contributed by atoms with Crippen LogP contribution in [0.1, 0.15) is 22.8 Å². The van der Waals surface area contributed by atoms with Crippen molar-refractivity contribution in [3.8, 4) is 0 Å². The molecule has 1 saturated heterocycles. The molecule has 1 aliphatic rings. The number of morpholine rings is 1. The van der Waals surface area contributed by atoms with Crippen LogP contribution < -0.4 is 0 Å². The van der Waals surface area contributed by atoms with Crippen molar-refractivity contribution in [2.24, 2.45) is 0 Å². The van der Waals surface area contributed by atoms with E-state index in [9.17, 15) is 4.79 Å². The predicted octanol–water partition coefficient (Wildman–Crippen LogP) is 2.62. The first-order valence-corrected chi connectivity index (χ1v) is 6.55. The molecule has 0 unspecified atom stereocenters. The lowest BCUT2D eigenvalue weighted by molar-refractivity contribution is -0.0124. The molecule has 0 bridgehead atoms. The van der Waals surface area contributed by atoms with E-state index in [1.165, 1.54) is 0 Å². The smallest absolute Gasteiger partial charge is 0.255 e. The summed E-state index contributed by atoms with van der Waals surface area (Å²) >= 11 is 3.45. The van der Waals surface area contributed by atoms with Crippen LogP contribution in [0.5, 0.6) is 0 Å². The molecule has 0 N–H and O–H groups in total. The van der Waals surface area contributed by atoms with E-state index in [1.807, 2.05) is 36.9 Å². The summed E-state index contributed by atoms with van der Waals surface area (Å²) in [4.78, 5) is 14.3. The third kappa shape index (κ3) is 2.69. The molecule has 0 aromatic heterocycles. The molecule has 1 aliphatic heterocycles. The van der Waals surface area contributed by atoms with Crippen molar-refractivity contribution in [1.82, 2.24) is 4.90 Å². The van der Waals surface area contributed by atoms with Gasteiger partial charge in [0.2, 0.25) is 0 Å². The Kier molecular flexibility index (Phi) is 3.84. The van der Waals surface area contributed by atoms with Crippen molar-refractivity contribution in [3.63, 3.8) is 0 Å². The Bertz CT molecular complexity index is 413. The first-order chi connectivity index (χ1) is 8.09. The van der Waals surface area contributed by atoms with Crippen LogP contribution in [-0.2, 0) is 4.74 Å². The van der Waals surface area contributed by atoms with Gasteiger partial charge in [0.15, 0.2) is 0 Å². The van der Waals surface area contributed by atoms with Gasteiger partial charge in [-0.2, -0.15) is 0 Å². The maximum atomic E-state index is 12.4. The van der Waals surface area contributed by atoms with Crippen LogP contribution in [0.3, 0.4) is 0 Å². The normalized spacial score (nSPS) is 20.4. The molecule has 2 rings (SSSR count). The second-order valence-corrected chi connectivity index (χ2v) is 5.22. The van der Waals surface area contributed by atoms with E-state index in [2.05, 4.69) is 15.9 Å². The fourth-order valence-corrected chi connectivity index (χ4v) is 2.70. The van der Waals surface area contributed by atoms with E-state index in [1.54, 1.807) is 0 Å². The van der Waals surface area contributed by atoms with Crippen molar-refractivity contribution in [2.45, 2.75) is 20.0 Å². The Hall–Kier alpha value is -0.870. The van der Waals surface area contributed by atoms with Gasteiger partial charge in [0.25, 0.3) is 5.91 Å². The summed E-state index contributed by atoms with van der Waals surface area (Å²) in [5.74, 6) is 0.0881. The zero-order valence-corrected chi connectivity index (χ0v) is 11.7.